The number of fused-ring (bicyclic) bond motifs is 1. The van der Waals surface area contributed by atoms with Crippen molar-refractivity contribution in [3.05, 3.63) is 75.4 Å². The van der Waals surface area contributed by atoms with Crippen LogP contribution in [-0.4, -0.2) is 11.1 Å². The summed E-state index contributed by atoms with van der Waals surface area (Å²) in [6.07, 6.45) is 4.64. The number of rotatable bonds is 3. The zero-order valence-corrected chi connectivity index (χ0v) is 15.4. The molecular weight excluding hydrogens is 367 g/mol. The number of H-pyrrole nitrogens is 1. The summed E-state index contributed by atoms with van der Waals surface area (Å²) >= 11 is 6.32. The van der Waals surface area contributed by atoms with Crippen LogP contribution < -0.4 is 16.0 Å². The number of nitrogens with two attached hydrogens (primary N) is 1. The number of benzene rings is 2. The van der Waals surface area contributed by atoms with Crippen LogP contribution in [-0.2, 0) is 5.54 Å². The van der Waals surface area contributed by atoms with Gasteiger partial charge >= 0.3 is 0 Å². The fourth-order valence-electron chi connectivity index (χ4n) is 3.75. The maximum absolute atomic E-state index is 13.2. The van der Waals surface area contributed by atoms with E-state index < -0.39 is 5.54 Å². The molecule has 140 valence electrons. The predicted molar refractivity (Wildman–Crippen MR) is 105 cm³/mol. The Morgan fingerprint density at radius 1 is 1.15 bits per heavy atom. The van der Waals surface area contributed by atoms with Gasteiger partial charge in [0.2, 0.25) is 0 Å². The summed E-state index contributed by atoms with van der Waals surface area (Å²) in [6, 6.07) is 11.7. The highest BCUT2D eigenvalue weighted by atomic mass is 35.5. The molecule has 1 aliphatic rings. The van der Waals surface area contributed by atoms with Gasteiger partial charge in [0.1, 0.15) is 11.6 Å². The number of hydrogen-bond acceptors (Lipinski definition) is 3. The fourth-order valence-corrected chi connectivity index (χ4v) is 3.96. The Bertz CT molecular complexity index is 1020. The second-order valence-corrected chi connectivity index (χ2v) is 7.56. The van der Waals surface area contributed by atoms with E-state index in [0.29, 0.717) is 16.2 Å². The fraction of sp³-hybridized carbons (Fsp3) is 0.286. The molecule has 1 heterocycles. The lowest BCUT2D eigenvalue weighted by Gasteiger charge is -2.37. The Morgan fingerprint density at radius 3 is 2.56 bits per heavy atom. The van der Waals surface area contributed by atoms with Gasteiger partial charge in [-0.15, -0.1) is 0 Å². The van der Waals surface area contributed by atoms with Crippen LogP contribution in [0.25, 0.3) is 10.8 Å². The Hall–Kier alpha value is -2.37. The number of aromatic amines is 1. The first-order chi connectivity index (χ1) is 12.9. The average Bonchev–Trinajstić information content (AvgIpc) is 2.66. The molecule has 3 N–H and O–H groups in total. The van der Waals surface area contributed by atoms with Gasteiger partial charge in [-0.05, 0) is 67.0 Å². The molecule has 1 aliphatic carbocycles. The van der Waals surface area contributed by atoms with Gasteiger partial charge in [0.25, 0.3) is 5.56 Å². The molecule has 1 saturated carbocycles. The van der Waals surface area contributed by atoms with Gasteiger partial charge < -0.3 is 15.5 Å². The van der Waals surface area contributed by atoms with Crippen LogP contribution in [0.4, 0.5) is 4.39 Å². The Kier molecular flexibility index (Phi) is 4.66. The lowest BCUT2D eigenvalue weighted by atomic mass is 9.76. The summed E-state index contributed by atoms with van der Waals surface area (Å²) in [4.78, 5) is 14.5. The molecule has 1 aromatic heterocycles. The smallest absolute Gasteiger partial charge is 0.255 e. The summed E-state index contributed by atoms with van der Waals surface area (Å²) in [5, 5.41) is 1.74. The summed E-state index contributed by atoms with van der Waals surface area (Å²) in [5.41, 5.74) is 6.87. The summed E-state index contributed by atoms with van der Waals surface area (Å²) in [6.45, 7) is 0. The van der Waals surface area contributed by atoms with E-state index >= 15 is 0 Å². The maximum atomic E-state index is 13.2. The molecule has 2 aromatic carbocycles. The van der Waals surface area contributed by atoms with Crippen LogP contribution in [0.1, 0.15) is 31.2 Å². The summed E-state index contributed by atoms with van der Waals surface area (Å²) in [7, 11) is 0. The molecule has 0 atom stereocenters. The molecule has 4 rings (SSSR count). The van der Waals surface area contributed by atoms with E-state index in [-0.39, 0.29) is 17.5 Å². The van der Waals surface area contributed by atoms with E-state index in [1.54, 1.807) is 30.5 Å². The maximum Gasteiger partial charge on any atom is 0.255 e. The molecule has 0 radical (unpaired) electrons. The van der Waals surface area contributed by atoms with Crippen molar-refractivity contribution < 1.29 is 9.13 Å². The molecule has 0 amide bonds. The first kappa shape index (κ1) is 18.0. The first-order valence-electron chi connectivity index (χ1n) is 8.97. The Morgan fingerprint density at radius 2 is 1.85 bits per heavy atom. The summed E-state index contributed by atoms with van der Waals surface area (Å²) < 4.78 is 19.3. The van der Waals surface area contributed by atoms with Crippen LogP contribution in [0.5, 0.6) is 5.75 Å². The molecule has 6 heteroatoms. The largest absolute Gasteiger partial charge is 0.489 e. The van der Waals surface area contributed by atoms with Crippen molar-refractivity contribution in [2.24, 2.45) is 5.73 Å². The first-order valence-corrected chi connectivity index (χ1v) is 9.35. The van der Waals surface area contributed by atoms with Crippen molar-refractivity contribution in [2.45, 2.75) is 37.3 Å². The number of aromatic nitrogens is 1. The van der Waals surface area contributed by atoms with Crippen molar-refractivity contribution in [2.75, 3.05) is 0 Å². The molecule has 0 spiro atoms. The van der Waals surface area contributed by atoms with Gasteiger partial charge in [-0.3, -0.25) is 4.79 Å². The van der Waals surface area contributed by atoms with Gasteiger partial charge in [0.15, 0.2) is 0 Å². The highest BCUT2D eigenvalue weighted by Gasteiger charge is 2.34. The third kappa shape index (κ3) is 3.57. The molecule has 0 aliphatic heterocycles. The van der Waals surface area contributed by atoms with Crippen molar-refractivity contribution >= 4 is 22.4 Å². The minimum Gasteiger partial charge on any atom is -0.489 e. The second-order valence-electron chi connectivity index (χ2n) is 7.16. The predicted octanol–water partition coefficient (Wildman–Crippen LogP) is 4.50. The van der Waals surface area contributed by atoms with Crippen LogP contribution >= 0.6 is 11.6 Å². The minimum atomic E-state index is -0.464. The van der Waals surface area contributed by atoms with Crippen LogP contribution in [0, 0.1) is 5.82 Å². The van der Waals surface area contributed by atoms with Crippen molar-refractivity contribution in [1.82, 2.24) is 4.98 Å². The normalized spacial score (nSPS) is 22.7. The lowest BCUT2D eigenvalue weighted by Crippen LogP contribution is -2.42. The number of ether oxygens (including phenoxy) is 1. The second kappa shape index (κ2) is 6.98. The van der Waals surface area contributed by atoms with E-state index in [9.17, 15) is 9.18 Å². The van der Waals surface area contributed by atoms with Gasteiger partial charge in [0, 0.05) is 17.1 Å². The SMILES string of the molecule is N[C@]1(c2ccc(F)cc2)CC[C@@H](Oc2cc3cc[nH]c(=O)c3cc2Cl)CC1. The van der Waals surface area contributed by atoms with Crippen molar-refractivity contribution in [1.29, 1.82) is 0 Å². The molecule has 0 saturated heterocycles. The highest BCUT2D eigenvalue weighted by molar-refractivity contribution is 6.32. The molecule has 3 aromatic rings. The molecule has 27 heavy (non-hydrogen) atoms. The van der Waals surface area contributed by atoms with E-state index in [4.69, 9.17) is 22.1 Å². The van der Waals surface area contributed by atoms with E-state index in [1.807, 2.05) is 6.07 Å². The third-order valence-corrected chi connectivity index (χ3v) is 5.66. The third-order valence-electron chi connectivity index (χ3n) is 5.36. The van der Waals surface area contributed by atoms with E-state index in [0.717, 1.165) is 36.6 Å². The monoisotopic (exact) mass is 386 g/mol. The highest BCUT2D eigenvalue weighted by Crippen LogP contribution is 2.38. The van der Waals surface area contributed by atoms with Crippen LogP contribution in [0.3, 0.4) is 0 Å². The van der Waals surface area contributed by atoms with Gasteiger partial charge in [-0.2, -0.15) is 0 Å². The van der Waals surface area contributed by atoms with Crippen molar-refractivity contribution in [3.63, 3.8) is 0 Å². The quantitative estimate of drug-likeness (QED) is 0.696. The zero-order valence-electron chi connectivity index (χ0n) is 14.7. The molecular formula is C21H20ClFN2O2. The van der Waals surface area contributed by atoms with Gasteiger partial charge in [0.05, 0.1) is 11.1 Å². The average molecular weight is 387 g/mol. The zero-order chi connectivity index (χ0) is 19.0. The molecule has 1 fully saturated rings. The number of halogens is 2. The Labute approximate surface area is 161 Å². The lowest BCUT2D eigenvalue weighted by molar-refractivity contribution is 0.118. The van der Waals surface area contributed by atoms with Crippen LogP contribution in [0.2, 0.25) is 5.02 Å². The van der Waals surface area contributed by atoms with Crippen molar-refractivity contribution in [3.8, 4) is 5.75 Å². The Balaban J connectivity index is 1.49. The number of nitrogens with one attached hydrogen (secondary N) is 1. The van der Waals surface area contributed by atoms with E-state index in [2.05, 4.69) is 4.98 Å². The van der Waals surface area contributed by atoms with E-state index in [1.165, 1.54) is 12.1 Å². The standard InChI is InChI=1S/C21H20ClFN2O2/c22-18-12-17-13(7-10-25-20(17)26)11-19(18)27-16-5-8-21(24,9-6-16)14-1-3-15(23)4-2-14/h1-4,7,10-12,16H,5-6,8-9,24H2,(H,25,26)/t16-,21-. The van der Waals surface area contributed by atoms with Gasteiger partial charge in [-0.25, -0.2) is 4.39 Å². The minimum absolute atomic E-state index is 0.000861. The topological polar surface area (TPSA) is 68.1 Å². The molecule has 0 bridgehead atoms. The molecule has 4 nitrogen and oxygen atoms in total. The number of hydrogen-bond donors (Lipinski definition) is 2. The van der Waals surface area contributed by atoms with Gasteiger partial charge in [-0.1, -0.05) is 23.7 Å². The van der Waals surface area contributed by atoms with Crippen LogP contribution in [0.15, 0.2) is 53.5 Å². The molecule has 0 unspecified atom stereocenters. The number of pyridine rings is 1. The summed E-state index contributed by atoms with van der Waals surface area (Å²) in [5.74, 6) is 0.315.